The molecule has 1 aliphatic carbocycles. The SMILES string of the molecule is CC(C)c1ccc(-c2noc(CCc3nc(C4(N)CCC4)no3)n2)cc1. The lowest BCUT2D eigenvalue weighted by molar-refractivity contribution is 0.229. The van der Waals surface area contributed by atoms with Crippen molar-refractivity contribution in [3.8, 4) is 11.4 Å². The van der Waals surface area contributed by atoms with Gasteiger partial charge in [-0.3, -0.25) is 0 Å². The minimum atomic E-state index is -0.401. The fourth-order valence-electron chi connectivity index (χ4n) is 3.04. The number of aryl methyl sites for hydroxylation is 2. The van der Waals surface area contributed by atoms with Gasteiger partial charge >= 0.3 is 0 Å². The Labute approximate surface area is 152 Å². The van der Waals surface area contributed by atoms with Gasteiger partial charge in [-0.15, -0.1) is 0 Å². The molecule has 1 aromatic carbocycles. The van der Waals surface area contributed by atoms with Crippen LogP contribution in [0.15, 0.2) is 33.3 Å². The Bertz CT molecular complexity index is 877. The number of aromatic nitrogens is 4. The molecule has 0 aliphatic heterocycles. The van der Waals surface area contributed by atoms with E-state index < -0.39 is 5.54 Å². The highest BCUT2D eigenvalue weighted by Gasteiger charge is 2.38. The first-order chi connectivity index (χ1) is 12.5. The van der Waals surface area contributed by atoms with Crippen molar-refractivity contribution in [3.63, 3.8) is 0 Å². The van der Waals surface area contributed by atoms with Crippen LogP contribution in [-0.2, 0) is 18.4 Å². The molecule has 7 heteroatoms. The van der Waals surface area contributed by atoms with Gasteiger partial charge in [-0.2, -0.15) is 9.97 Å². The molecule has 0 spiro atoms. The molecule has 1 aliphatic rings. The molecule has 0 saturated heterocycles. The van der Waals surface area contributed by atoms with Gasteiger partial charge in [0, 0.05) is 18.4 Å². The maximum absolute atomic E-state index is 6.22. The third-order valence-corrected chi connectivity index (χ3v) is 5.02. The first kappa shape index (κ1) is 16.9. The van der Waals surface area contributed by atoms with Crippen molar-refractivity contribution in [2.24, 2.45) is 5.73 Å². The van der Waals surface area contributed by atoms with Gasteiger partial charge in [-0.1, -0.05) is 48.4 Å². The van der Waals surface area contributed by atoms with Crippen LogP contribution in [0.25, 0.3) is 11.4 Å². The van der Waals surface area contributed by atoms with E-state index in [1.807, 2.05) is 12.1 Å². The van der Waals surface area contributed by atoms with E-state index in [9.17, 15) is 0 Å². The average molecular weight is 353 g/mol. The Morgan fingerprint density at radius 1 is 1.00 bits per heavy atom. The maximum Gasteiger partial charge on any atom is 0.227 e. The van der Waals surface area contributed by atoms with Crippen LogP contribution in [0, 0.1) is 0 Å². The number of benzene rings is 1. The lowest BCUT2D eigenvalue weighted by atomic mass is 9.77. The molecule has 2 heterocycles. The van der Waals surface area contributed by atoms with E-state index in [0.29, 0.717) is 42.2 Å². The highest BCUT2D eigenvalue weighted by molar-refractivity contribution is 5.54. The molecule has 26 heavy (non-hydrogen) atoms. The van der Waals surface area contributed by atoms with Crippen LogP contribution in [0.3, 0.4) is 0 Å². The molecule has 2 aromatic heterocycles. The molecule has 1 saturated carbocycles. The summed E-state index contributed by atoms with van der Waals surface area (Å²) in [6, 6.07) is 8.24. The first-order valence-corrected chi connectivity index (χ1v) is 9.08. The third kappa shape index (κ3) is 3.26. The quantitative estimate of drug-likeness (QED) is 0.724. The number of rotatable bonds is 6. The van der Waals surface area contributed by atoms with E-state index in [-0.39, 0.29) is 0 Å². The summed E-state index contributed by atoms with van der Waals surface area (Å²) in [7, 11) is 0. The molecule has 0 atom stereocenters. The zero-order chi connectivity index (χ0) is 18.1. The second kappa shape index (κ2) is 6.64. The van der Waals surface area contributed by atoms with E-state index in [0.717, 1.165) is 24.8 Å². The molecule has 3 aromatic rings. The van der Waals surface area contributed by atoms with Crippen LogP contribution in [0.1, 0.15) is 62.2 Å². The molecule has 0 bridgehead atoms. The summed E-state index contributed by atoms with van der Waals surface area (Å²) in [5.74, 6) is 2.81. The number of hydrogen-bond donors (Lipinski definition) is 1. The standard InChI is InChI=1S/C19H23N5O2/c1-12(2)13-4-6-14(7-5-13)17-21-15(25-23-17)8-9-16-22-18(24-26-16)19(20)10-3-11-19/h4-7,12H,3,8-11,20H2,1-2H3. The van der Waals surface area contributed by atoms with E-state index in [4.69, 9.17) is 14.8 Å². The second-order valence-corrected chi connectivity index (χ2v) is 7.31. The minimum absolute atomic E-state index is 0.401. The summed E-state index contributed by atoms with van der Waals surface area (Å²) < 4.78 is 10.7. The largest absolute Gasteiger partial charge is 0.339 e. The van der Waals surface area contributed by atoms with Gasteiger partial charge in [0.05, 0.1) is 5.54 Å². The zero-order valence-electron chi connectivity index (χ0n) is 15.1. The Hall–Kier alpha value is -2.54. The summed E-state index contributed by atoms with van der Waals surface area (Å²) in [5, 5.41) is 8.09. The lowest BCUT2D eigenvalue weighted by Gasteiger charge is -2.34. The summed E-state index contributed by atoms with van der Waals surface area (Å²) in [6.45, 7) is 4.34. The molecule has 0 unspecified atom stereocenters. The van der Waals surface area contributed by atoms with E-state index in [1.54, 1.807) is 0 Å². The summed E-state index contributed by atoms with van der Waals surface area (Å²) in [5.41, 5.74) is 8.04. The van der Waals surface area contributed by atoms with Crippen LogP contribution in [0.4, 0.5) is 0 Å². The molecule has 2 N–H and O–H groups in total. The van der Waals surface area contributed by atoms with Crippen molar-refractivity contribution in [2.45, 2.75) is 57.4 Å². The van der Waals surface area contributed by atoms with E-state index >= 15 is 0 Å². The Morgan fingerprint density at radius 3 is 2.27 bits per heavy atom. The Morgan fingerprint density at radius 2 is 1.65 bits per heavy atom. The van der Waals surface area contributed by atoms with Crippen LogP contribution < -0.4 is 5.73 Å². The number of hydrogen-bond acceptors (Lipinski definition) is 7. The lowest BCUT2D eigenvalue weighted by Crippen LogP contribution is -2.44. The van der Waals surface area contributed by atoms with Crippen molar-refractivity contribution in [1.29, 1.82) is 0 Å². The molecule has 0 amide bonds. The van der Waals surface area contributed by atoms with Gasteiger partial charge < -0.3 is 14.8 Å². The van der Waals surface area contributed by atoms with Gasteiger partial charge in [0.25, 0.3) is 0 Å². The smallest absolute Gasteiger partial charge is 0.227 e. The first-order valence-electron chi connectivity index (χ1n) is 9.08. The number of nitrogens with zero attached hydrogens (tertiary/aromatic N) is 4. The maximum atomic E-state index is 6.22. The molecule has 136 valence electrons. The fourth-order valence-corrected chi connectivity index (χ4v) is 3.04. The second-order valence-electron chi connectivity index (χ2n) is 7.31. The highest BCUT2D eigenvalue weighted by Crippen LogP contribution is 2.36. The average Bonchev–Trinajstić information content (AvgIpc) is 3.27. The third-order valence-electron chi connectivity index (χ3n) is 5.02. The van der Waals surface area contributed by atoms with Crippen LogP contribution >= 0.6 is 0 Å². The van der Waals surface area contributed by atoms with Gasteiger partial charge in [0.2, 0.25) is 17.6 Å². The predicted molar refractivity (Wildman–Crippen MR) is 95.2 cm³/mol. The van der Waals surface area contributed by atoms with Crippen molar-refractivity contribution in [1.82, 2.24) is 20.3 Å². The number of nitrogens with two attached hydrogens (primary N) is 1. The Kier molecular flexibility index (Phi) is 4.32. The molecule has 4 rings (SSSR count). The van der Waals surface area contributed by atoms with Crippen molar-refractivity contribution in [3.05, 3.63) is 47.4 Å². The summed E-state index contributed by atoms with van der Waals surface area (Å²) in [6.07, 6.45) is 4.04. The van der Waals surface area contributed by atoms with Crippen LogP contribution in [0.5, 0.6) is 0 Å². The van der Waals surface area contributed by atoms with Crippen LogP contribution in [0.2, 0.25) is 0 Å². The molecular weight excluding hydrogens is 330 g/mol. The zero-order valence-corrected chi connectivity index (χ0v) is 15.1. The van der Waals surface area contributed by atoms with Crippen LogP contribution in [-0.4, -0.2) is 20.3 Å². The van der Waals surface area contributed by atoms with Crippen molar-refractivity contribution < 1.29 is 9.05 Å². The summed E-state index contributed by atoms with van der Waals surface area (Å²) in [4.78, 5) is 8.88. The Balaban J connectivity index is 1.39. The minimum Gasteiger partial charge on any atom is -0.339 e. The van der Waals surface area contributed by atoms with Gasteiger partial charge in [-0.25, -0.2) is 0 Å². The highest BCUT2D eigenvalue weighted by atomic mass is 16.5. The molecular formula is C19H23N5O2. The molecule has 7 nitrogen and oxygen atoms in total. The van der Waals surface area contributed by atoms with Crippen molar-refractivity contribution >= 4 is 0 Å². The van der Waals surface area contributed by atoms with Gasteiger partial charge in [-0.05, 0) is 30.7 Å². The predicted octanol–water partition coefficient (Wildman–Crippen LogP) is 3.37. The molecule has 1 fully saturated rings. The monoisotopic (exact) mass is 353 g/mol. The topological polar surface area (TPSA) is 104 Å². The van der Waals surface area contributed by atoms with Gasteiger partial charge in [0.1, 0.15) is 0 Å². The van der Waals surface area contributed by atoms with Crippen molar-refractivity contribution in [2.75, 3.05) is 0 Å². The van der Waals surface area contributed by atoms with E-state index in [2.05, 4.69) is 46.3 Å². The van der Waals surface area contributed by atoms with Gasteiger partial charge in [0.15, 0.2) is 5.82 Å². The summed E-state index contributed by atoms with van der Waals surface area (Å²) >= 11 is 0. The van der Waals surface area contributed by atoms with E-state index in [1.165, 1.54) is 5.56 Å². The normalized spacial score (nSPS) is 16.0. The molecule has 0 radical (unpaired) electrons. The fraction of sp³-hybridized carbons (Fsp3) is 0.474.